The molecule has 1 spiro atoms. The summed E-state index contributed by atoms with van der Waals surface area (Å²) < 4.78 is 11.9. The maximum Gasteiger partial charge on any atom is 0.261 e. The van der Waals surface area contributed by atoms with E-state index in [2.05, 4.69) is 5.32 Å². The van der Waals surface area contributed by atoms with Crippen molar-refractivity contribution in [2.24, 2.45) is 5.92 Å². The number of carbonyl (C=O) groups is 2. The Hall–Kier alpha value is -2.72. The molecule has 2 amide bonds. The molecule has 2 aliphatic heterocycles. The minimum atomic E-state index is -2.87. The minimum absolute atomic E-state index is 0.00711. The summed E-state index contributed by atoms with van der Waals surface area (Å²) in [5.74, 6) is -0.239. The molecule has 1 fully saturated rings. The van der Waals surface area contributed by atoms with Gasteiger partial charge in [0.2, 0.25) is 5.91 Å². The number of anilines is 1. The maximum absolute atomic E-state index is 13.5. The normalized spacial score (nSPS) is 25.4. The van der Waals surface area contributed by atoms with Crippen LogP contribution in [0.4, 0.5) is 5.69 Å². The van der Waals surface area contributed by atoms with Crippen molar-refractivity contribution >= 4 is 25.8 Å². The van der Waals surface area contributed by atoms with Crippen molar-refractivity contribution in [1.82, 2.24) is 4.90 Å². The number of rotatable bonds is 8. The average Bonchev–Trinajstić information content (AvgIpc) is 3.27. The van der Waals surface area contributed by atoms with Crippen LogP contribution < -0.4 is 10.1 Å². The van der Waals surface area contributed by atoms with Crippen LogP contribution in [0, 0.1) is 5.92 Å². The monoisotopic (exact) mass is 498 g/mol. The van der Waals surface area contributed by atoms with Gasteiger partial charge in [-0.15, -0.1) is 0 Å². The lowest BCUT2D eigenvalue weighted by Gasteiger charge is -2.32. The molecule has 0 saturated carbocycles. The summed E-state index contributed by atoms with van der Waals surface area (Å²) in [5, 5.41) is 12.5. The molecule has 2 aliphatic rings. The Labute approximate surface area is 207 Å². The van der Waals surface area contributed by atoms with Crippen LogP contribution in [0.25, 0.3) is 0 Å². The van der Waals surface area contributed by atoms with E-state index in [9.17, 15) is 19.5 Å². The molecular weight excluding hydrogens is 464 g/mol. The fraction of sp³-hybridized carbons (Fsp3) is 0.462. The van der Waals surface area contributed by atoms with Crippen LogP contribution in [0.1, 0.15) is 24.5 Å². The van der Waals surface area contributed by atoms with E-state index in [1.54, 1.807) is 30.2 Å². The van der Waals surface area contributed by atoms with Gasteiger partial charge in [-0.3, -0.25) is 9.59 Å². The van der Waals surface area contributed by atoms with E-state index in [0.29, 0.717) is 23.5 Å². The predicted octanol–water partition coefficient (Wildman–Crippen LogP) is 2.86. The summed E-state index contributed by atoms with van der Waals surface area (Å²) in [6.45, 7) is 5.95. The van der Waals surface area contributed by atoms with Gasteiger partial charge < -0.3 is 29.6 Å². The van der Waals surface area contributed by atoms with E-state index in [1.165, 1.54) is 0 Å². The molecule has 4 atom stereocenters. The summed E-state index contributed by atoms with van der Waals surface area (Å²) in [5.41, 5.74) is 0.604. The Bertz CT molecular complexity index is 1090. The Kier molecular flexibility index (Phi) is 7.06. The number of nitrogens with one attached hydrogen (secondary N) is 1. The van der Waals surface area contributed by atoms with Crippen LogP contribution in [0.3, 0.4) is 0 Å². The van der Waals surface area contributed by atoms with Crippen LogP contribution in [-0.4, -0.2) is 61.3 Å². The van der Waals surface area contributed by atoms with Gasteiger partial charge in [0.25, 0.3) is 5.91 Å². The molecule has 8 nitrogen and oxygen atoms in total. The van der Waals surface area contributed by atoms with Gasteiger partial charge in [-0.2, -0.15) is 0 Å². The predicted molar refractivity (Wildman–Crippen MR) is 134 cm³/mol. The molecule has 2 aromatic carbocycles. The molecule has 4 rings (SSSR count). The number of aliphatic hydroxyl groups is 1. The van der Waals surface area contributed by atoms with Crippen molar-refractivity contribution < 1.29 is 29.0 Å². The van der Waals surface area contributed by atoms with Crippen LogP contribution in [0.15, 0.2) is 48.5 Å². The smallest absolute Gasteiger partial charge is 0.261 e. The number of hydrogen-bond donors (Lipinski definition) is 3. The molecular formula is C26H34N2O6Si. The third-order valence-electron chi connectivity index (χ3n) is 7.26. The number of hydrogen-bond acceptors (Lipinski definition) is 6. The lowest BCUT2D eigenvalue weighted by Crippen LogP contribution is -2.44. The van der Waals surface area contributed by atoms with Crippen molar-refractivity contribution in [3.63, 3.8) is 0 Å². The number of nitrogens with zero attached hydrogens (tertiary/aromatic N) is 1. The van der Waals surface area contributed by atoms with Crippen molar-refractivity contribution in [2.75, 3.05) is 25.6 Å². The van der Waals surface area contributed by atoms with Crippen LogP contribution in [-0.2, 0) is 26.5 Å². The van der Waals surface area contributed by atoms with E-state index in [4.69, 9.17) is 9.47 Å². The first kappa shape index (κ1) is 25.4. The lowest BCUT2D eigenvalue weighted by molar-refractivity contribution is -0.148. The highest BCUT2D eigenvalue weighted by molar-refractivity contribution is 6.71. The van der Waals surface area contributed by atoms with Gasteiger partial charge in [-0.1, -0.05) is 37.3 Å². The van der Waals surface area contributed by atoms with Gasteiger partial charge in [0.1, 0.15) is 5.75 Å². The summed E-state index contributed by atoms with van der Waals surface area (Å²) in [6.07, 6.45) is -0.642. The van der Waals surface area contributed by atoms with E-state index < -0.39 is 20.0 Å². The van der Waals surface area contributed by atoms with Gasteiger partial charge in [0.05, 0.1) is 26.2 Å². The Morgan fingerprint density at radius 1 is 1.23 bits per heavy atom. The second kappa shape index (κ2) is 9.73. The first-order chi connectivity index (χ1) is 16.6. The molecule has 3 N–H and O–H groups in total. The summed E-state index contributed by atoms with van der Waals surface area (Å²) in [4.78, 5) is 39.7. The molecule has 188 valence electrons. The van der Waals surface area contributed by atoms with Gasteiger partial charge in [0, 0.05) is 35.8 Å². The number of benzene rings is 2. The van der Waals surface area contributed by atoms with Gasteiger partial charge in [-0.25, -0.2) is 0 Å². The minimum Gasteiger partial charge on any atom is -0.497 e. The second-order valence-electron chi connectivity index (χ2n) is 9.95. The highest BCUT2D eigenvalue weighted by atomic mass is 28.4. The number of methoxy groups -OCH3 is 1. The van der Waals surface area contributed by atoms with Crippen molar-refractivity contribution in [2.45, 2.75) is 50.2 Å². The molecule has 0 radical (unpaired) electrons. The van der Waals surface area contributed by atoms with E-state index in [1.807, 2.05) is 50.3 Å². The first-order valence-electron chi connectivity index (χ1n) is 11.9. The second-order valence-corrected chi connectivity index (χ2v) is 13.9. The van der Waals surface area contributed by atoms with E-state index in [-0.39, 0.29) is 42.8 Å². The zero-order valence-corrected chi connectivity index (χ0v) is 21.7. The average molecular weight is 499 g/mol. The molecule has 35 heavy (non-hydrogen) atoms. The Morgan fingerprint density at radius 3 is 2.57 bits per heavy atom. The lowest BCUT2D eigenvalue weighted by atomic mass is 9.82. The summed E-state index contributed by atoms with van der Waals surface area (Å²) >= 11 is 0. The highest BCUT2D eigenvalue weighted by Crippen LogP contribution is 2.58. The number of aliphatic hydroxyl groups excluding tert-OH is 1. The number of fused-ring (bicyclic) bond motifs is 2. The highest BCUT2D eigenvalue weighted by Gasteiger charge is 2.65. The number of ether oxygens (including phenoxy) is 2. The first-order valence-corrected chi connectivity index (χ1v) is 15.0. The molecule has 9 heteroatoms. The Morgan fingerprint density at radius 2 is 1.94 bits per heavy atom. The molecule has 0 bridgehead atoms. The fourth-order valence-electron chi connectivity index (χ4n) is 5.72. The standard InChI is InChI=1S/C26H34N2O6Si/c1-17-24(35(3,4)32)22(15-23(30)28(12-13-29)16-18-8-6-5-7-9-18)34-26(17)20-14-19(33-2)10-11-21(20)27-25(26)31/h5-11,14,17,22,24,29,32H,12-13,15-16H2,1-4H3,(H,27,31)/t17-,22+,24-,26+/m1/s1. The van der Waals surface area contributed by atoms with Crippen molar-refractivity contribution in [1.29, 1.82) is 0 Å². The van der Waals surface area contributed by atoms with Gasteiger partial charge >= 0.3 is 0 Å². The zero-order chi connectivity index (χ0) is 25.4. The summed E-state index contributed by atoms with van der Waals surface area (Å²) in [6, 6.07) is 14.9. The van der Waals surface area contributed by atoms with Crippen LogP contribution in [0.5, 0.6) is 5.75 Å². The Balaban J connectivity index is 1.66. The number of amides is 2. The quantitative estimate of drug-likeness (QED) is 0.483. The zero-order valence-electron chi connectivity index (χ0n) is 20.7. The van der Waals surface area contributed by atoms with Gasteiger partial charge in [-0.05, 0) is 36.9 Å². The SMILES string of the molecule is COc1ccc2c(c1)[C@]1(O[C@@H](CC(=O)N(CCO)Cc3ccccc3)[C@H]([Si](C)(C)O)[C@H]1C)C(=O)N2. The molecule has 2 aromatic rings. The molecule has 0 aromatic heterocycles. The summed E-state index contributed by atoms with van der Waals surface area (Å²) in [7, 11) is -1.30. The van der Waals surface area contributed by atoms with Crippen LogP contribution >= 0.6 is 0 Å². The van der Waals surface area contributed by atoms with Crippen molar-refractivity contribution in [3.8, 4) is 5.75 Å². The van der Waals surface area contributed by atoms with E-state index >= 15 is 0 Å². The number of carbonyl (C=O) groups excluding carboxylic acids is 2. The molecule has 2 heterocycles. The van der Waals surface area contributed by atoms with Gasteiger partial charge in [0.15, 0.2) is 13.9 Å². The molecule has 0 unspecified atom stereocenters. The largest absolute Gasteiger partial charge is 0.497 e. The van der Waals surface area contributed by atoms with E-state index in [0.717, 1.165) is 5.56 Å². The van der Waals surface area contributed by atoms with Crippen molar-refractivity contribution in [3.05, 3.63) is 59.7 Å². The third-order valence-corrected chi connectivity index (χ3v) is 9.76. The third kappa shape index (κ3) is 4.61. The fourth-order valence-corrected chi connectivity index (χ4v) is 8.27. The molecule has 0 aliphatic carbocycles. The molecule has 1 saturated heterocycles. The maximum atomic E-state index is 13.5. The topological polar surface area (TPSA) is 108 Å². The van der Waals surface area contributed by atoms with Crippen LogP contribution in [0.2, 0.25) is 18.6 Å².